The van der Waals surface area contributed by atoms with Gasteiger partial charge in [0.25, 0.3) is 0 Å². The number of halogens is 1. The van der Waals surface area contributed by atoms with Crippen LogP contribution >= 0.6 is 27.3 Å². The summed E-state index contributed by atoms with van der Waals surface area (Å²) in [6.45, 7) is 4.06. The third kappa shape index (κ3) is 3.78. The molecule has 0 fully saturated rings. The monoisotopic (exact) mass is 315 g/mol. The van der Waals surface area contributed by atoms with E-state index in [1.807, 2.05) is 20.0 Å². The third-order valence-corrected chi connectivity index (χ3v) is 4.60. The largest absolute Gasteiger partial charge is 0.326 e. The molecule has 1 aromatic rings. The van der Waals surface area contributed by atoms with E-state index in [2.05, 4.69) is 39.9 Å². The van der Waals surface area contributed by atoms with Crippen molar-refractivity contribution >= 4 is 27.3 Å². The van der Waals surface area contributed by atoms with Crippen LogP contribution < -0.4 is 5.73 Å². The SMILES string of the molecule is CC(N)C(c1ccc(Br)s1)N(C)C(C)CC#N. The first kappa shape index (κ1) is 14.7. The van der Waals surface area contributed by atoms with Crippen molar-refractivity contribution in [3.63, 3.8) is 0 Å². The van der Waals surface area contributed by atoms with Crippen LogP contribution in [-0.4, -0.2) is 24.0 Å². The van der Waals surface area contributed by atoms with Gasteiger partial charge in [-0.3, -0.25) is 4.90 Å². The Balaban J connectivity index is 2.90. The second-order valence-corrected chi connectivity index (χ2v) is 6.82. The predicted octanol–water partition coefficient (Wildman–Crippen LogP) is 3.13. The summed E-state index contributed by atoms with van der Waals surface area (Å²) in [4.78, 5) is 3.42. The van der Waals surface area contributed by atoms with Crippen molar-refractivity contribution < 1.29 is 0 Å². The summed E-state index contributed by atoms with van der Waals surface area (Å²) >= 11 is 5.17. The second-order valence-electron chi connectivity index (χ2n) is 4.32. The van der Waals surface area contributed by atoms with E-state index in [1.165, 1.54) is 4.88 Å². The summed E-state index contributed by atoms with van der Waals surface area (Å²) in [6.07, 6.45) is 0.520. The standard InChI is InChI=1S/C12H18BrN3S/c1-8(6-7-14)16(3)12(9(2)15)10-4-5-11(13)17-10/h4-5,8-9,12H,6,15H2,1-3H3. The number of likely N-dealkylation sites (N-methyl/N-ethyl adjacent to an activating group) is 1. The summed E-state index contributed by atoms with van der Waals surface area (Å²) in [5.74, 6) is 0. The molecule has 3 unspecified atom stereocenters. The lowest BCUT2D eigenvalue weighted by molar-refractivity contribution is 0.169. The highest BCUT2D eigenvalue weighted by molar-refractivity contribution is 9.11. The van der Waals surface area contributed by atoms with Gasteiger partial charge in [0.2, 0.25) is 0 Å². The first-order valence-corrected chi connectivity index (χ1v) is 7.18. The summed E-state index contributed by atoms with van der Waals surface area (Å²) < 4.78 is 1.11. The molecule has 5 heteroatoms. The molecule has 0 aromatic carbocycles. The van der Waals surface area contributed by atoms with Crippen molar-refractivity contribution in [2.75, 3.05) is 7.05 Å². The lowest BCUT2D eigenvalue weighted by atomic mass is 10.0. The molecule has 0 saturated carbocycles. The van der Waals surface area contributed by atoms with E-state index in [4.69, 9.17) is 11.0 Å². The smallest absolute Gasteiger partial charge is 0.0702 e. The normalized spacial score (nSPS) is 16.5. The van der Waals surface area contributed by atoms with Gasteiger partial charge in [-0.2, -0.15) is 5.26 Å². The van der Waals surface area contributed by atoms with E-state index in [1.54, 1.807) is 11.3 Å². The molecule has 0 radical (unpaired) electrons. The fourth-order valence-electron chi connectivity index (χ4n) is 1.87. The number of nitriles is 1. The van der Waals surface area contributed by atoms with Gasteiger partial charge in [-0.25, -0.2) is 0 Å². The molecule has 0 aliphatic rings. The molecule has 0 amide bonds. The van der Waals surface area contributed by atoms with Gasteiger partial charge >= 0.3 is 0 Å². The first-order chi connectivity index (χ1) is 7.97. The Morgan fingerprint density at radius 2 is 2.18 bits per heavy atom. The van der Waals surface area contributed by atoms with E-state index in [0.717, 1.165) is 3.79 Å². The van der Waals surface area contributed by atoms with Crippen LogP contribution in [0.5, 0.6) is 0 Å². The van der Waals surface area contributed by atoms with Gasteiger partial charge in [-0.1, -0.05) is 0 Å². The van der Waals surface area contributed by atoms with Crippen LogP contribution in [0, 0.1) is 11.3 Å². The molecule has 1 aromatic heterocycles. The van der Waals surface area contributed by atoms with Crippen molar-refractivity contribution in [3.05, 3.63) is 20.8 Å². The zero-order valence-corrected chi connectivity index (χ0v) is 12.8. The van der Waals surface area contributed by atoms with Crippen molar-refractivity contribution in [1.29, 1.82) is 5.26 Å². The van der Waals surface area contributed by atoms with Crippen LogP contribution in [0.1, 0.15) is 31.2 Å². The average molecular weight is 316 g/mol. The molecule has 0 bridgehead atoms. The molecule has 1 rings (SSSR count). The Labute approximate surface area is 115 Å². The van der Waals surface area contributed by atoms with Crippen LogP contribution in [0.3, 0.4) is 0 Å². The fourth-order valence-corrected chi connectivity index (χ4v) is 3.56. The van der Waals surface area contributed by atoms with E-state index in [0.29, 0.717) is 6.42 Å². The molecule has 3 nitrogen and oxygen atoms in total. The highest BCUT2D eigenvalue weighted by atomic mass is 79.9. The second kappa shape index (κ2) is 6.50. The van der Waals surface area contributed by atoms with Gasteiger partial charge in [-0.05, 0) is 49.0 Å². The van der Waals surface area contributed by atoms with Crippen LogP contribution in [0.2, 0.25) is 0 Å². The molecule has 0 spiro atoms. The van der Waals surface area contributed by atoms with E-state index < -0.39 is 0 Å². The van der Waals surface area contributed by atoms with Gasteiger partial charge in [0.05, 0.1) is 22.3 Å². The minimum absolute atomic E-state index is 0.0340. The van der Waals surface area contributed by atoms with E-state index >= 15 is 0 Å². The van der Waals surface area contributed by atoms with Gasteiger partial charge in [-0.15, -0.1) is 11.3 Å². The maximum Gasteiger partial charge on any atom is 0.0702 e. The summed E-state index contributed by atoms with van der Waals surface area (Å²) in [7, 11) is 2.03. The first-order valence-electron chi connectivity index (χ1n) is 5.57. The predicted molar refractivity (Wildman–Crippen MR) is 75.9 cm³/mol. The summed E-state index contributed by atoms with van der Waals surface area (Å²) in [5.41, 5.74) is 6.08. The number of thiophene rings is 1. The Kier molecular flexibility index (Phi) is 5.60. The lowest BCUT2D eigenvalue weighted by Crippen LogP contribution is -2.41. The number of nitrogens with zero attached hydrogens (tertiary/aromatic N) is 2. The number of rotatable bonds is 5. The Bertz CT molecular complexity index is 397. The highest BCUT2D eigenvalue weighted by Gasteiger charge is 2.25. The lowest BCUT2D eigenvalue weighted by Gasteiger charge is -2.34. The maximum atomic E-state index is 8.77. The van der Waals surface area contributed by atoms with Crippen LogP contribution in [0.4, 0.5) is 0 Å². The van der Waals surface area contributed by atoms with Crippen LogP contribution in [-0.2, 0) is 0 Å². The Morgan fingerprint density at radius 3 is 2.59 bits per heavy atom. The van der Waals surface area contributed by atoms with Crippen molar-refractivity contribution in [1.82, 2.24) is 4.90 Å². The third-order valence-electron chi connectivity index (χ3n) is 2.90. The number of nitrogens with two attached hydrogens (primary N) is 1. The summed E-state index contributed by atoms with van der Waals surface area (Å²) in [5, 5.41) is 8.77. The fraction of sp³-hybridized carbons (Fsp3) is 0.583. The quantitative estimate of drug-likeness (QED) is 0.908. The number of hydrogen-bond acceptors (Lipinski definition) is 4. The van der Waals surface area contributed by atoms with E-state index in [9.17, 15) is 0 Å². The minimum Gasteiger partial charge on any atom is -0.326 e. The van der Waals surface area contributed by atoms with Crippen LogP contribution in [0.25, 0.3) is 0 Å². The van der Waals surface area contributed by atoms with Gasteiger partial charge in [0, 0.05) is 17.0 Å². The Morgan fingerprint density at radius 1 is 1.53 bits per heavy atom. The molecule has 2 N–H and O–H groups in total. The van der Waals surface area contributed by atoms with Crippen molar-refractivity contribution in [2.24, 2.45) is 5.73 Å². The van der Waals surface area contributed by atoms with E-state index in [-0.39, 0.29) is 18.1 Å². The minimum atomic E-state index is 0.0340. The van der Waals surface area contributed by atoms with Crippen molar-refractivity contribution in [2.45, 2.75) is 38.4 Å². The van der Waals surface area contributed by atoms with Gasteiger partial charge < -0.3 is 5.73 Å². The van der Waals surface area contributed by atoms with Gasteiger partial charge in [0.15, 0.2) is 0 Å². The Hall–Kier alpha value is -0.410. The van der Waals surface area contributed by atoms with Gasteiger partial charge in [0.1, 0.15) is 0 Å². The molecule has 3 atom stereocenters. The molecule has 17 heavy (non-hydrogen) atoms. The zero-order chi connectivity index (χ0) is 13.0. The van der Waals surface area contributed by atoms with Crippen molar-refractivity contribution in [3.8, 4) is 6.07 Å². The average Bonchev–Trinajstić information content (AvgIpc) is 2.64. The molecule has 0 saturated heterocycles. The van der Waals surface area contributed by atoms with Crippen LogP contribution in [0.15, 0.2) is 15.9 Å². The maximum absolute atomic E-state index is 8.77. The molecular formula is C12H18BrN3S. The highest BCUT2D eigenvalue weighted by Crippen LogP contribution is 2.32. The molecule has 1 heterocycles. The molecule has 0 aliphatic heterocycles. The molecular weight excluding hydrogens is 298 g/mol. The molecule has 0 aliphatic carbocycles. The molecule has 94 valence electrons. The topological polar surface area (TPSA) is 53.0 Å². The summed E-state index contributed by atoms with van der Waals surface area (Å²) in [6, 6.07) is 6.75. The zero-order valence-electron chi connectivity index (χ0n) is 10.4. The number of hydrogen-bond donors (Lipinski definition) is 1.